The van der Waals surface area contributed by atoms with Crippen LogP contribution in [0.2, 0.25) is 0 Å². The first-order chi connectivity index (χ1) is 9.00. The van der Waals surface area contributed by atoms with Crippen LogP contribution in [-0.4, -0.2) is 0 Å². The second-order valence-corrected chi connectivity index (χ2v) is 4.93. The van der Waals surface area contributed by atoms with Crippen LogP contribution in [0.1, 0.15) is 77.0 Å². The first-order valence-corrected chi connectivity index (χ1v) is 9.54. The van der Waals surface area contributed by atoms with Crippen LogP contribution in [0.3, 0.4) is 0 Å². The van der Waals surface area contributed by atoms with Gasteiger partial charge in [0.05, 0.1) is 0 Å². The zero-order valence-corrected chi connectivity index (χ0v) is 13.9. The number of allylic oxidation sites excluding steroid dienone is 4. The second-order valence-electron chi connectivity index (χ2n) is 4.93. The molecular weight excluding hydrogens is 331 g/mol. The standard InChI is InChI=1S/2C8H14.ClH.Rh/c2*1-2-4-6-8-7-5-3-1;;/h2*1-2H,3-8H2;1H;/q;;;+1/p-1. The summed E-state index contributed by atoms with van der Waals surface area (Å²) in [5, 5.41) is 0. The van der Waals surface area contributed by atoms with Crippen LogP contribution in [0.5, 0.6) is 0 Å². The van der Waals surface area contributed by atoms with E-state index in [9.17, 15) is 0 Å². The van der Waals surface area contributed by atoms with Gasteiger partial charge in [-0.25, -0.2) is 0 Å². The Hall–Kier alpha value is 0.393. The normalized spacial score (nSPS) is 19.9. The van der Waals surface area contributed by atoms with Crippen molar-refractivity contribution in [3.05, 3.63) is 24.3 Å². The van der Waals surface area contributed by atoms with Gasteiger partial charge in [-0.1, -0.05) is 50.0 Å². The van der Waals surface area contributed by atoms with Crippen molar-refractivity contribution in [1.82, 2.24) is 0 Å². The van der Waals surface area contributed by atoms with E-state index in [1.807, 2.05) is 17.3 Å². The van der Waals surface area contributed by atoms with Crippen LogP contribution in [0, 0.1) is 0 Å². The van der Waals surface area contributed by atoms with Gasteiger partial charge >= 0.3 is 27.0 Å². The first-order valence-electron chi connectivity index (χ1n) is 7.43. The molecule has 0 aliphatic heterocycles. The van der Waals surface area contributed by atoms with E-state index in [0.717, 1.165) is 0 Å². The molecule has 2 aliphatic rings. The summed E-state index contributed by atoms with van der Waals surface area (Å²) in [5.41, 5.74) is 0. The van der Waals surface area contributed by atoms with Gasteiger partial charge in [-0.15, -0.1) is 0 Å². The van der Waals surface area contributed by atoms with Crippen LogP contribution in [-0.2, 0) is 17.3 Å². The Balaban J connectivity index is 0.000000283. The number of hydrogen-bond acceptors (Lipinski definition) is 0. The Labute approximate surface area is 128 Å². The molecule has 0 heterocycles. The van der Waals surface area contributed by atoms with Crippen molar-refractivity contribution >= 4 is 9.69 Å². The van der Waals surface area contributed by atoms with Crippen LogP contribution in [0.15, 0.2) is 24.3 Å². The number of rotatable bonds is 0. The van der Waals surface area contributed by atoms with Gasteiger partial charge in [0.25, 0.3) is 0 Å². The molecule has 0 fully saturated rings. The summed E-state index contributed by atoms with van der Waals surface area (Å²) in [5.74, 6) is 0. The van der Waals surface area contributed by atoms with E-state index in [0.29, 0.717) is 0 Å². The van der Waals surface area contributed by atoms with E-state index < -0.39 is 0 Å². The summed E-state index contributed by atoms with van der Waals surface area (Å²) in [6.45, 7) is 0. The summed E-state index contributed by atoms with van der Waals surface area (Å²) in [4.78, 5) is 0. The molecule has 0 atom stereocenters. The van der Waals surface area contributed by atoms with Crippen LogP contribution < -0.4 is 0 Å². The van der Waals surface area contributed by atoms with Gasteiger partial charge in [-0.3, -0.25) is 0 Å². The molecule has 0 saturated heterocycles. The van der Waals surface area contributed by atoms with Crippen molar-refractivity contribution in [2.75, 3.05) is 0 Å². The molecular formula is C16H28ClRh. The number of hydrogen-bond donors (Lipinski definition) is 0. The maximum absolute atomic E-state index is 4.53. The fraction of sp³-hybridized carbons (Fsp3) is 0.750. The summed E-state index contributed by atoms with van der Waals surface area (Å²) >= 11 is 2.02. The summed E-state index contributed by atoms with van der Waals surface area (Å²) in [6, 6.07) is 0. The Kier molecular flexibility index (Phi) is 17.8. The van der Waals surface area contributed by atoms with E-state index >= 15 is 0 Å². The van der Waals surface area contributed by atoms with Crippen LogP contribution in [0.25, 0.3) is 0 Å². The monoisotopic (exact) mass is 358 g/mol. The van der Waals surface area contributed by atoms with Gasteiger partial charge in [0.1, 0.15) is 0 Å². The maximum atomic E-state index is 4.53. The van der Waals surface area contributed by atoms with Crippen molar-refractivity contribution in [2.45, 2.75) is 77.0 Å². The minimum absolute atomic E-state index is 1.32. The van der Waals surface area contributed by atoms with Crippen molar-refractivity contribution < 1.29 is 17.3 Å². The molecule has 0 aromatic rings. The van der Waals surface area contributed by atoms with E-state index in [1.54, 1.807) is 0 Å². The Bertz CT molecular complexity index is 157. The Morgan fingerprint density at radius 1 is 0.444 bits per heavy atom. The fourth-order valence-corrected chi connectivity index (χ4v) is 2.23. The predicted molar refractivity (Wildman–Crippen MR) is 79.5 cm³/mol. The molecule has 18 heavy (non-hydrogen) atoms. The Morgan fingerprint density at radius 3 is 0.889 bits per heavy atom. The van der Waals surface area contributed by atoms with E-state index in [2.05, 4.69) is 34.0 Å². The number of halogens is 1. The van der Waals surface area contributed by atoms with Gasteiger partial charge < -0.3 is 0 Å². The Morgan fingerprint density at radius 2 is 0.667 bits per heavy atom. The van der Waals surface area contributed by atoms with Gasteiger partial charge in [0, 0.05) is 0 Å². The zero-order valence-electron chi connectivity index (χ0n) is 11.5. The average molecular weight is 359 g/mol. The van der Waals surface area contributed by atoms with Crippen molar-refractivity contribution in [3.8, 4) is 0 Å². The molecule has 2 heteroatoms. The molecule has 2 rings (SSSR count). The molecule has 0 amide bonds. The fourth-order valence-electron chi connectivity index (χ4n) is 2.23. The molecule has 0 radical (unpaired) electrons. The van der Waals surface area contributed by atoms with E-state index in [-0.39, 0.29) is 0 Å². The molecule has 0 spiro atoms. The van der Waals surface area contributed by atoms with Gasteiger partial charge in [-0.2, -0.15) is 0 Å². The average Bonchev–Trinajstić information content (AvgIpc) is 2.30. The first kappa shape index (κ1) is 18.4. The summed E-state index contributed by atoms with van der Waals surface area (Å²) in [6.07, 6.45) is 26.0. The molecule has 0 aromatic carbocycles. The zero-order chi connectivity index (χ0) is 13.3. The summed E-state index contributed by atoms with van der Waals surface area (Å²) < 4.78 is 0. The third-order valence-electron chi connectivity index (χ3n) is 3.32. The van der Waals surface area contributed by atoms with E-state index in [4.69, 9.17) is 0 Å². The molecule has 0 bridgehead atoms. The predicted octanol–water partition coefficient (Wildman–Crippen LogP) is 6.48. The van der Waals surface area contributed by atoms with Crippen molar-refractivity contribution in [2.24, 2.45) is 0 Å². The van der Waals surface area contributed by atoms with Crippen LogP contribution in [0.4, 0.5) is 0 Å². The van der Waals surface area contributed by atoms with Gasteiger partial charge in [0.15, 0.2) is 0 Å². The minimum atomic E-state index is 1.32. The van der Waals surface area contributed by atoms with Crippen LogP contribution >= 0.6 is 9.69 Å². The molecule has 2 aliphatic carbocycles. The topological polar surface area (TPSA) is 0 Å². The molecule has 0 unspecified atom stereocenters. The molecule has 0 aromatic heterocycles. The molecule has 0 nitrogen and oxygen atoms in total. The van der Waals surface area contributed by atoms with E-state index in [1.165, 1.54) is 77.0 Å². The third-order valence-corrected chi connectivity index (χ3v) is 3.32. The van der Waals surface area contributed by atoms with Gasteiger partial charge in [-0.05, 0) is 51.4 Å². The second kappa shape index (κ2) is 17.4. The molecule has 0 N–H and O–H groups in total. The SMILES string of the molecule is C1=CCCCCCC1.C1=CCCCCCC1.[Cl][Rh]. The third kappa shape index (κ3) is 14.5. The summed E-state index contributed by atoms with van der Waals surface area (Å²) in [7, 11) is 4.53. The van der Waals surface area contributed by atoms with Gasteiger partial charge in [0.2, 0.25) is 0 Å². The van der Waals surface area contributed by atoms with Crippen molar-refractivity contribution in [1.29, 1.82) is 0 Å². The van der Waals surface area contributed by atoms with Crippen molar-refractivity contribution in [3.63, 3.8) is 0 Å². The molecule has 108 valence electrons. The quantitative estimate of drug-likeness (QED) is 0.343. The molecule has 0 saturated carbocycles.